The van der Waals surface area contributed by atoms with Crippen LogP contribution in [0.25, 0.3) is 0 Å². The van der Waals surface area contributed by atoms with E-state index in [1.165, 1.54) is 26.5 Å². The van der Waals surface area contributed by atoms with Gasteiger partial charge in [-0.15, -0.1) is 0 Å². The first kappa shape index (κ1) is 16.4. The molecule has 0 fully saturated rings. The molecule has 0 spiro atoms. The molecular weight excluding hydrogens is 298 g/mol. The van der Waals surface area contributed by atoms with Gasteiger partial charge in [0.1, 0.15) is 0 Å². The third-order valence-electron chi connectivity index (χ3n) is 3.74. The molecule has 2 aromatic carbocycles. The summed E-state index contributed by atoms with van der Waals surface area (Å²) in [6.07, 6.45) is 1.87. The molecule has 0 bridgehead atoms. The predicted molar refractivity (Wildman–Crippen MR) is 93.5 cm³/mol. The Balaban J connectivity index is 2.28. The van der Waals surface area contributed by atoms with E-state index in [0.29, 0.717) is 0 Å². The number of hydrogen-bond donors (Lipinski definition) is 1. The van der Waals surface area contributed by atoms with Crippen LogP contribution >= 0.6 is 23.4 Å². The molecular formula is C18H22ClNS. The minimum absolute atomic E-state index is 0.199. The molecule has 0 radical (unpaired) electrons. The molecule has 0 aliphatic carbocycles. The van der Waals surface area contributed by atoms with Crippen LogP contribution in [-0.2, 0) is 6.42 Å². The van der Waals surface area contributed by atoms with Crippen LogP contribution in [0.5, 0.6) is 0 Å². The summed E-state index contributed by atoms with van der Waals surface area (Å²) in [4.78, 5) is 2.45. The summed E-state index contributed by atoms with van der Waals surface area (Å²) in [5, 5.41) is 0.773. The van der Waals surface area contributed by atoms with Crippen molar-refractivity contribution in [2.45, 2.75) is 49.4 Å². The first-order valence-corrected chi connectivity index (χ1v) is 8.48. The van der Waals surface area contributed by atoms with E-state index in [1.54, 1.807) is 11.8 Å². The van der Waals surface area contributed by atoms with Crippen LogP contribution in [0.2, 0.25) is 5.02 Å². The maximum absolute atomic E-state index is 6.17. The lowest BCUT2D eigenvalue weighted by atomic mass is 10.1. The Kier molecular flexibility index (Phi) is 5.74. The molecule has 0 saturated heterocycles. The maximum atomic E-state index is 6.17. The minimum Gasteiger partial charge on any atom is -0.327 e. The third-order valence-corrected chi connectivity index (χ3v) is 5.07. The largest absolute Gasteiger partial charge is 0.327 e. The highest BCUT2D eigenvalue weighted by Gasteiger charge is 2.09. The minimum atomic E-state index is 0.199. The number of aryl methyl sites for hydroxylation is 2. The van der Waals surface area contributed by atoms with Gasteiger partial charge in [0.2, 0.25) is 0 Å². The van der Waals surface area contributed by atoms with Crippen LogP contribution in [0.1, 0.15) is 30.0 Å². The number of benzene rings is 2. The van der Waals surface area contributed by atoms with Gasteiger partial charge in [-0.1, -0.05) is 42.4 Å². The van der Waals surface area contributed by atoms with E-state index < -0.39 is 0 Å². The summed E-state index contributed by atoms with van der Waals surface area (Å²) in [5.41, 5.74) is 10.0. The number of hydrogen-bond acceptors (Lipinski definition) is 2. The van der Waals surface area contributed by atoms with Gasteiger partial charge < -0.3 is 5.73 Å². The van der Waals surface area contributed by atoms with Gasteiger partial charge in [0.15, 0.2) is 0 Å². The summed E-state index contributed by atoms with van der Waals surface area (Å²) in [6, 6.07) is 12.8. The second kappa shape index (κ2) is 7.35. The first-order chi connectivity index (χ1) is 9.99. The van der Waals surface area contributed by atoms with Crippen LogP contribution in [-0.4, -0.2) is 6.04 Å². The zero-order valence-electron chi connectivity index (χ0n) is 12.8. The Morgan fingerprint density at radius 3 is 2.52 bits per heavy atom. The van der Waals surface area contributed by atoms with Gasteiger partial charge in [0, 0.05) is 20.9 Å². The van der Waals surface area contributed by atoms with Crippen LogP contribution < -0.4 is 5.73 Å². The van der Waals surface area contributed by atoms with Gasteiger partial charge in [-0.2, -0.15) is 0 Å². The molecule has 0 aliphatic heterocycles. The molecule has 2 aromatic rings. The smallest absolute Gasteiger partial charge is 0.0417 e. The Bertz CT molecular complexity index is 625. The maximum Gasteiger partial charge on any atom is 0.0417 e. The lowest BCUT2D eigenvalue weighted by Gasteiger charge is -2.14. The first-order valence-electron chi connectivity index (χ1n) is 7.28. The molecule has 1 atom stereocenters. The van der Waals surface area contributed by atoms with Gasteiger partial charge in [0.05, 0.1) is 0 Å². The lowest BCUT2D eigenvalue weighted by molar-refractivity contribution is 0.641. The average Bonchev–Trinajstić information content (AvgIpc) is 2.45. The van der Waals surface area contributed by atoms with E-state index in [4.69, 9.17) is 17.3 Å². The molecule has 0 aromatic heterocycles. The fourth-order valence-electron chi connectivity index (χ4n) is 2.12. The Morgan fingerprint density at radius 1 is 1.10 bits per heavy atom. The quantitative estimate of drug-likeness (QED) is 0.799. The van der Waals surface area contributed by atoms with E-state index in [9.17, 15) is 0 Å². The molecule has 21 heavy (non-hydrogen) atoms. The van der Waals surface area contributed by atoms with Crippen molar-refractivity contribution >= 4 is 23.4 Å². The molecule has 0 heterocycles. The van der Waals surface area contributed by atoms with Crippen molar-refractivity contribution in [1.82, 2.24) is 0 Å². The highest BCUT2D eigenvalue weighted by Crippen LogP contribution is 2.34. The molecule has 0 amide bonds. The van der Waals surface area contributed by atoms with Crippen LogP contribution in [0, 0.1) is 13.8 Å². The van der Waals surface area contributed by atoms with Crippen molar-refractivity contribution < 1.29 is 0 Å². The molecule has 2 rings (SSSR count). The van der Waals surface area contributed by atoms with Gasteiger partial charge >= 0.3 is 0 Å². The second-order valence-corrected chi connectivity index (χ2v) is 7.02. The van der Waals surface area contributed by atoms with E-state index in [-0.39, 0.29) is 6.04 Å². The monoisotopic (exact) mass is 319 g/mol. The normalized spacial score (nSPS) is 12.4. The number of rotatable bonds is 5. The van der Waals surface area contributed by atoms with Crippen molar-refractivity contribution in [2.24, 2.45) is 5.73 Å². The fraction of sp³-hybridized carbons (Fsp3) is 0.333. The summed E-state index contributed by atoms with van der Waals surface area (Å²) < 4.78 is 0. The van der Waals surface area contributed by atoms with E-state index in [0.717, 1.165) is 17.9 Å². The summed E-state index contributed by atoms with van der Waals surface area (Å²) in [6.45, 7) is 6.40. The van der Waals surface area contributed by atoms with Crippen molar-refractivity contribution in [3.8, 4) is 0 Å². The summed E-state index contributed by atoms with van der Waals surface area (Å²) in [5.74, 6) is 0. The van der Waals surface area contributed by atoms with Crippen LogP contribution in [0.3, 0.4) is 0 Å². The molecule has 0 aliphatic rings. The average molecular weight is 320 g/mol. The standard InChI is InChI=1S/C18H22ClNS/c1-4-16(20)10-14-6-7-15(19)11-18(14)21-17-8-5-12(2)13(3)9-17/h5-9,11,16H,4,10,20H2,1-3H3. The van der Waals surface area contributed by atoms with Crippen molar-refractivity contribution in [3.05, 3.63) is 58.1 Å². The van der Waals surface area contributed by atoms with E-state index in [1.807, 2.05) is 12.1 Å². The number of halogens is 1. The zero-order chi connectivity index (χ0) is 15.4. The van der Waals surface area contributed by atoms with Crippen molar-refractivity contribution in [1.29, 1.82) is 0 Å². The Labute approximate surface area is 136 Å². The highest BCUT2D eigenvalue weighted by molar-refractivity contribution is 7.99. The topological polar surface area (TPSA) is 26.0 Å². The van der Waals surface area contributed by atoms with Gasteiger partial charge in [-0.05, 0) is 67.6 Å². The van der Waals surface area contributed by atoms with Crippen molar-refractivity contribution in [2.75, 3.05) is 0 Å². The molecule has 1 nitrogen and oxygen atoms in total. The Hall–Kier alpha value is -0.960. The SMILES string of the molecule is CCC(N)Cc1ccc(Cl)cc1Sc1ccc(C)c(C)c1. The van der Waals surface area contributed by atoms with Gasteiger partial charge in [0.25, 0.3) is 0 Å². The summed E-state index contributed by atoms with van der Waals surface area (Å²) >= 11 is 7.93. The predicted octanol–water partition coefficient (Wildman–Crippen LogP) is 5.39. The molecule has 112 valence electrons. The Morgan fingerprint density at radius 2 is 1.86 bits per heavy atom. The van der Waals surface area contributed by atoms with Gasteiger partial charge in [-0.3, -0.25) is 0 Å². The highest BCUT2D eigenvalue weighted by atomic mass is 35.5. The fourth-order valence-corrected chi connectivity index (χ4v) is 3.45. The lowest BCUT2D eigenvalue weighted by Crippen LogP contribution is -2.21. The molecule has 0 saturated carbocycles. The van der Waals surface area contributed by atoms with Gasteiger partial charge in [-0.25, -0.2) is 0 Å². The van der Waals surface area contributed by atoms with Crippen LogP contribution in [0.4, 0.5) is 0 Å². The third kappa shape index (κ3) is 4.50. The molecule has 1 unspecified atom stereocenters. The van der Waals surface area contributed by atoms with E-state index >= 15 is 0 Å². The van der Waals surface area contributed by atoms with Crippen molar-refractivity contribution in [3.63, 3.8) is 0 Å². The van der Waals surface area contributed by atoms with E-state index in [2.05, 4.69) is 45.0 Å². The van der Waals surface area contributed by atoms with Crippen LogP contribution in [0.15, 0.2) is 46.2 Å². The summed E-state index contributed by atoms with van der Waals surface area (Å²) in [7, 11) is 0. The molecule has 3 heteroatoms. The number of nitrogens with two attached hydrogens (primary N) is 1. The second-order valence-electron chi connectivity index (χ2n) is 5.47. The molecule has 2 N–H and O–H groups in total. The zero-order valence-corrected chi connectivity index (χ0v) is 14.4.